The van der Waals surface area contributed by atoms with Gasteiger partial charge in [-0.05, 0) is 81.3 Å². The van der Waals surface area contributed by atoms with Crippen LogP contribution in [0.3, 0.4) is 0 Å². The molecule has 2 aliphatic heterocycles. The molecule has 5 rings (SSSR count). The summed E-state index contributed by atoms with van der Waals surface area (Å²) in [6, 6.07) is 8.95. The van der Waals surface area contributed by atoms with Crippen molar-refractivity contribution in [1.29, 1.82) is 0 Å². The largest absolute Gasteiger partial charge is 0.342 e. The zero-order chi connectivity index (χ0) is 22.8. The van der Waals surface area contributed by atoms with Crippen LogP contribution in [0.15, 0.2) is 41.8 Å². The number of rotatable bonds is 5. The first-order valence-corrected chi connectivity index (χ1v) is 13.1. The molecular weight excluding hydrogens is 432 g/mol. The van der Waals surface area contributed by atoms with Crippen molar-refractivity contribution in [3.05, 3.63) is 47.8 Å². The normalized spacial score (nSPS) is 18.8. The maximum Gasteiger partial charge on any atom is 0.225 e. The maximum absolute atomic E-state index is 13.3. The quantitative estimate of drug-likeness (QED) is 0.533. The number of amides is 1. The second-order valence-electron chi connectivity index (χ2n) is 9.32. The van der Waals surface area contributed by atoms with Gasteiger partial charge in [-0.2, -0.15) is 10.2 Å². The monoisotopic (exact) mass is 464 g/mol. The summed E-state index contributed by atoms with van der Waals surface area (Å²) < 4.78 is 2.41. The highest BCUT2D eigenvalue weighted by Gasteiger charge is 2.32. The molecule has 0 atom stereocenters. The molecule has 174 valence electrons. The molecule has 1 aromatic carbocycles. The number of carbonyl (C=O) groups is 1. The third-order valence-electron chi connectivity index (χ3n) is 7.13. The van der Waals surface area contributed by atoms with Crippen molar-refractivity contribution in [2.24, 2.45) is 5.92 Å². The molecule has 4 heterocycles. The molecule has 0 N–H and O–H groups in total. The topological polar surface area (TPSA) is 67.2 Å². The van der Waals surface area contributed by atoms with Gasteiger partial charge in [0.2, 0.25) is 5.91 Å². The van der Waals surface area contributed by atoms with Crippen molar-refractivity contribution in [2.45, 2.75) is 50.4 Å². The molecule has 0 saturated carbocycles. The average molecular weight is 465 g/mol. The van der Waals surface area contributed by atoms with Crippen molar-refractivity contribution in [1.82, 2.24) is 29.5 Å². The number of imidazole rings is 1. The van der Waals surface area contributed by atoms with E-state index in [1.807, 2.05) is 12.3 Å². The van der Waals surface area contributed by atoms with E-state index in [0.717, 1.165) is 69.1 Å². The van der Waals surface area contributed by atoms with Crippen molar-refractivity contribution >= 4 is 28.7 Å². The van der Waals surface area contributed by atoms with E-state index in [2.05, 4.69) is 55.9 Å². The molecule has 1 amide bonds. The summed E-state index contributed by atoms with van der Waals surface area (Å²) in [7, 11) is 0. The zero-order valence-electron chi connectivity index (χ0n) is 19.5. The molecule has 0 bridgehead atoms. The second-order valence-corrected chi connectivity index (χ2v) is 10.1. The van der Waals surface area contributed by atoms with Crippen LogP contribution in [0.1, 0.15) is 42.9 Å². The molecule has 2 aliphatic rings. The van der Waals surface area contributed by atoms with Crippen LogP contribution in [0.5, 0.6) is 0 Å². The van der Waals surface area contributed by atoms with Gasteiger partial charge in [0.15, 0.2) is 5.16 Å². The number of thioether (sulfide) groups is 1. The van der Waals surface area contributed by atoms with Crippen molar-refractivity contribution in [3.63, 3.8) is 0 Å². The number of piperidine rings is 2. The predicted molar refractivity (Wildman–Crippen MR) is 131 cm³/mol. The Labute approximate surface area is 199 Å². The fourth-order valence-corrected chi connectivity index (χ4v) is 5.93. The SMILES string of the molecule is CSc1nc2cc(C)ccc2n1C1CCN(C(=O)C2CCN(Cc3ccnnc3)CC2)CC1. The van der Waals surface area contributed by atoms with Gasteiger partial charge in [0.1, 0.15) is 0 Å². The van der Waals surface area contributed by atoms with Gasteiger partial charge in [-0.3, -0.25) is 9.69 Å². The number of aryl methyl sites for hydroxylation is 1. The van der Waals surface area contributed by atoms with Gasteiger partial charge in [-0.15, -0.1) is 0 Å². The van der Waals surface area contributed by atoms with E-state index in [0.29, 0.717) is 11.9 Å². The summed E-state index contributed by atoms with van der Waals surface area (Å²) in [5.74, 6) is 0.516. The van der Waals surface area contributed by atoms with Crippen molar-refractivity contribution < 1.29 is 4.79 Å². The average Bonchev–Trinajstić information content (AvgIpc) is 3.22. The highest BCUT2D eigenvalue weighted by molar-refractivity contribution is 7.98. The van der Waals surface area contributed by atoms with Gasteiger partial charge in [0.05, 0.1) is 17.2 Å². The number of fused-ring (bicyclic) bond motifs is 1. The molecule has 0 unspecified atom stereocenters. The van der Waals surface area contributed by atoms with Gasteiger partial charge in [0.25, 0.3) is 0 Å². The van der Waals surface area contributed by atoms with Crippen molar-refractivity contribution in [2.75, 3.05) is 32.4 Å². The summed E-state index contributed by atoms with van der Waals surface area (Å²) in [5.41, 5.74) is 4.71. The molecule has 2 saturated heterocycles. The van der Waals surface area contributed by atoms with Crippen molar-refractivity contribution in [3.8, 4) is 0 Å². The van der Waals surface area contributed by atoms with E-state index in [-0.39, 0.29) is 5.92 Å². The van der Waals surface area contributed by atoms with Gasteiger partial charge in [-0.25, -0.2) is 4.98 Å². The third kappa shape index (κ3) is 4.77. The molecule has 8 heteroatoms. The third-order valence-corrected chi connectivity index (χ3v) is 7.78. The zero-order valence-corrected chi connectivity index (χ0v) is 20.3. The van der Waals surface area contributed by atoms with E-state index >= 15 is 0 Å². The van der Waals surface area contributed by atoms with E-state index in [9.17, 15) is 4.79 Å². The predicted octanol–water partition coefficient (Wildman–Crippen LogP) is 3.93. The lowest BCUT2D eigenvalue weighted by Crippen LogP contribution is -2.45. The van der Waals surface area contributed by atoms with Crippen LogP contribution in [0.4, 0.5) is 0 Å². The Kier molecular flexibility index (Phi) is 6.64. The van der Waals surface area contributed by atoms with Gasteiger partial charge in [0, 0.05) is 37.8 Å². The minimum Gasteiger partial charge on any atom is -0.342 e. The molecule has 0 spiro atoms. The summed E-state index contributed by atoms with van der Waals surface area (Å²) in [6.07, 6.45) is 9.54. The van der Waals surface area contributed by atoms with E-state index in [4.69, 9.17) is 4.98 Å². The number of carbonyl (C=O) groups excluding carboxylic acids is 1. The molecular formula is C25H32N6OS. The van der Waals surface area contributed by atoms with E-state index in [1.165, 1.54) is 16.6 Å². The Morgan fingerprint density at radius 3 is 2.55 bits per heavy atom. The van der Waals surface area contributed by atoms with Crippen LogP contribution in [0, 0.1) is 12.8 Å². The Morgan fingerprint density at radius 2 is 1.85 bits per heavy atom. The summed E-state index contributed by atoms with van der Waals surface area (Å²) in [6.45, 7) is 6.61. The summed E-state index contributed by atoms with van der Waals surface area (Å²) in [4.78, 5) is 22.7. The fourth-order valence-electron chi connectivity index (χ4n) is 5.29. The van der Waals surface area contributed by atoms with Crippen LogP contribution >= 0.6 is 11.8 Å². The lowest BCUT2D eigenvalue weighted by Gasteiger charge is -2.38. The number of nitrogens with zero attached hydrogens (tertiary/aromatic N) is 6. The number of aromatic nitrogens is 4. The van der Waals surface area contributed by atoms with Crippen LogP contribution in [0.2, 0.25) is 0 Å². The molecule has 2 fully saturated rings. The number of hydrogen-bond donors (Lipinski definition) is 0. The first-order chi connectivity index (χ1) is 16.1. The Balaban J connectivity index is 1.17. The molecule has 33 heavy (non-hydrogen) atoms. The Bertz CT molecular complexity index is 1100. The summed E-state index contributed by atoms with van der Waals surface area (Å²) >= 11 is 1.71. The first kappa shape index (κ1) is 22.3. The van der Waals surface area contributed by atoms with E-state index < -0.39 is 0 Å². The Morgan fingerprint density at radius 1 is 1.06 bits per heavy atom. The fraction of sp³-hybridized carbons (Fsp3) is 0.520. The highest BCUT2D eigenvalue weighted by atomic mass is 32.2. The lowest BCUT2D eigenvalue weighted by molar-refractivity contribution is -0.138. The molecule has 7 nitrogen and oxygen atoms in total. The molecule has 3 aromatic rings. The van der Waals surface area contributed by atoms with Crippen LogP contribution in [-0.2, 0) is 11.3 Å². The van der Waals surface area contributed by atoms with Crippen LogP contribution in [0.25, 0.3) is 11.0 Å². The number of likely N-dealkylation sites (tertiary alicyclic amines) is 2. The highest BCUT2D eigenvalue weighted by Crippen LogP contribution is 2.33. The smallest absolute Gasteiger partial charge is 0.225 e. The Hall–Kier alpha value is -2.45. The number of hydrogen-bond acceptors (Lipinski definition) is 6. The molecule has 2 aromatic heterocycles. The summed E-state index contributed by atoms with van der Waals surface area (Å²) in [5, 5.41) is 8.90. The van der Waals surface area contributed by atoms with Gasteiger partial charge >= 0.3 is 0 Å². The van der Waals surface area contributed by atoms with Gasteiger partial charge in [-0.1, -0.05) is 17.8 Å². The minimum atomic E-state index is 0.159. The molecule has 0 aliphatic carbocycles. The lowest BCUT2D eigenvalue weighted by atomic mass is 9.93. The standard InChI is InChI=1S/C25H32N6OS/c1-18-3-4-23-22(15-18)28-25(33-2)31(23)21-8-13-30(14-9-21)24(32)20-6-11-29(12-7-20)17-19-5-10-26-27-16-19/h3-5,10,15-16,20-21H,6-9,11-14,17H2,1-2H3. The van der Waals surface area contributed by atoms with E-state index in [1.54, 1.807) is 18.0 Å². The number of benzene rings is 1. The first-order valence-electron chi connectivity index (χ1n) is 11.9. The van der Waals surface area contributed by atoms with Crippen LogP contribution in [-0.4, -0.2) is 67.9 Å². The maximum atomic E-state index is 13.3. The minimum absolute atomic E-state index is 0.159. The second kappa shape index (κ2) is 9.81. The van der Waals surface area contributed by atoms with Crippen LogP contribution < -0.4 is 0 Å². The van der Waals surface area contributed by atoms with Gasteiger partial charge < -0.3 is 9.47 Å². The molecule has 0 radical (unpaired) electrons.